The van der Waals surface area contributed by atoms with Crippen molar-refractivity contribution >= 4 is 0 Å². The van der Waals surface area contributed by atoms with Crippen LogP contribution < -0.4 is 0 Å². The van der Waals surface area contributed by atoms with E-state index in [1.807, 2.05) is 6.20 Å². The Labute approximate surface area is 58.4 Å². The molecule has 0 aromatic heterocycles. The van der Waals surface area contributed by atoms with Crippen LogP contribution in [-0.2, 0) is 0 Å². The molecule has 0 saturated carbocycles. The van der Waals surface area contributed by atoms with Gasteiger partial charge in [0.2, 0.25) is 0 Å². The van der Waals surface area contributed by atoms with Crippen LogP contribution >= 0.6 is 0 Å². The first kappa shape index (κ1) is 8.54. The largest absolute Gasteiger partial charge is 0.378 e. The van der Waals surface area contributed by atoms with Gasteiger partial charge in [-0.2, -0.15) is 0 Å². The van der Waals surface area contributed by atoms with Crippen molar-refractivity contribution in [3.05, 3.63) is 12.8 Å². The van der Waals surface area contributed by atoms with Crippen LogP contribution in [0.25, 0.3) is 0 Å². The molecule has 0 aliphatic rings. The number of hydrogen-bond acceptors (Lipinski definition) is 1. The summed E-state index contributed by atoms with van der Waals surface area (Å²) < 4.78 is 0. The lowest BCUT2D eigenvalue weighted by atomic mass is 10.4. The molecule has 1 nitrogen and oxygen atoms in total. The molecule has 0 rings (SSSR count). The van der Waals surface area contributed by atoms with Gasteiger partial charge in [0.1, 0.15) is 0 Å². The first-order valence-electron chi connectivity index (χ1n) is 3.71. The summed E-state index contributed by atoms with van der Waals surface area (Å²) in [7, 11) is 0. The zero-order valence-corrected chi connectivity index (χ0v) is 6.56. The maximum absolute atomic E-state index is 3.72. The molecule has 0 radical (unpaired) electrons. The van der Waals surface area contributed by atoms with E-state index in [9.17, 15) is 0 Å². The maximum atomic E-state index is 3.72. The van der Waals surface area contributed by atoms with Crippen LogP contribution in [0.15, 0.2) is 12.8 Å². The lowest BCUT2D eigenvalue weighted by Crippen LogP contribution is -2.18. The fourth-order valence-corrected chi connectivity index (χ4v) is 0.869. The zero-order valence-electron chi connectivity index (χ0n) is 6.56. The van der Waals surface area contributed by atoms with Gasteiger partial charge in [-0.25, -0.2) is 0 Å². The molecule has 1 heteroatoms. The zero-order chi connectivity index (χ0) is 7.11. The molecular formula is C8H17N. The summed E-state index contributed by atoms with van der Waals surface area (Å²) in [6.45, 7) is 10.4. The molecule has 0 aromatic rings. The van der Waals surface area contributed by atoms with E-state index < -0.39 is 0 Å². The summed E-state index contributed by atoms with van der Waals surface area (Å²) >= 11 is 0. The van der Waals surface area contributed by atoms with E-state index in [2.05, 4.69) is 25.3 Å². The monoisotopic (exact) mass is 127 g/mol. The van der Waals surface area contributed by atoms with Crippen molar-refractivity contribution < 1.29 is 0 Å². The van der Waals surface area contributed by atoms with E-state index in [-0.39, 0.29) is 0 Å². The summed E-state index contributed by atoms with van der Waals surface area (Å²) in [6, 6.07) is 0. The van der Waals surface area contributed by atoms with Crippen molar-refractivity contribution in [2.45, 2.75) is 26.7 Å². The molecule has 0 saturated heterocycles. The van der Waals surface area contributed by atoms with E-state index in [4.69, 9.17) is 0 Å². The standard InChI is InChI=1S/C8H17N/c1-4-7-9(6-3)8-5-2/h6H,3-5,7-8H2,1-2H3. The predicted octanol–water partition coefficient (Wildman–Crippen LogP) is 2.25. The van der Waals surface area contributed by atoms with E-state index >= 15 is 0 Å². The van der Waals surface area contributed by atoms with Gasteiger partial charge < -0.3 is 4.90 Å². The fourth-order valence-electron chi connectivity index (χ4n) is 0.869. The Hall–Kier alpha value is -0.460. The second kappa shape index (κ2) is 5.67. The normalized spacial score (nSPS) is 9.11. The molecule has 0 bridgehead atoms. The fraction of sp³-hybridized carbons (Fsp3) is 0.750. The van der Waals surface area contributed by atoms with Crippen molar-refractivity contribution in [2.75, 3.05) is 13.1 Å². The van der Waals surface area contributed by atoms with Gasteiger partial charge in [0, 0.05) is 13.1 Å². The highest BCUT2D eigenvalue weighted by atomic mass is 15.1. The van der Waals surface area contributed by atoms with E-state index in [1.54, 1.807) is 0 Å². The Balaban J connectivity index is 3.29. The van der Waals surface area contributed by atoms with Crippen molar-refractivity contribution in [3.8, 4) is 0 Å². The molecule has 0 fully saturated rings. The first-order valence-corrected chi connectivity index (χ1v) is 3.71. The minimum atomic E-state index is 1.15. The van der Waals surface area contributed by atoms with Crippen LogP contribution in [0.5, 0.6) is 0 Å². The molecule has 0 amide bonds. The summed E-state index contributed by atoms with van der Waals surface area (Å²) in [4.78, 5) is 2.25. The van der Waals surface area contributed by atoms with Gasteiger partial charge in [-0.15, -0.1) is 0 Å². The van der Waals surface area contributed by atoms with E-state index in [0.29, 0.717) is 0 Å². The second-order valence-corrected chi connectivity index (χ2v) is 2.22. The Bertz CT molecular complexity index is 63.0. The average Bonchev–Trinajstić information content (AvgIpc) is 1.88. The molecule has 9 heavy (non-hydrogen) atoms. The van der Waals surface area contributed by atoms with Crippen LogP contribution in [0.1, 0.15) is 26.7 Å². The Kier molecular flexibility index (Phi) is 5.38. The summed E-state index contributed by atoms with van der Waals surface area (Å²) in [6.07, 6.45) is 4.35. The highest BCUT2D eigenvalue weighted by Gasteiger charge is 1.91. The number of nitrogens with zero attached hydrogens (tertiary/aromatic N) is 1. The number of hydrogen-bond donors (Lipinski definition) is 0. The third-order valence-corrected chi connectivity index (χ3v) is 1.28. The molecule has 0 unspecified atom stereocenters. The van der Waals surface area contributed by atoms with Gasteiger partial charge in [0.15, 0.2) is 0 Å². The number of rotatable bonds is 5. The quantitative estimate of drug-likeness (QED) is 0.547. The van der Waals surface area contributed by atoms with Gasteiger partial charge in [0.05, 0.1) is 0 Å². The molecule has 0 aliphatic carbocycles. The third-order valence-electron chi connectivity index (χ3n) is 1.28. The SMILES string of the molecule is C=CN(CCC)CCC. The molecule has 0 atom stereocenters. The van der Waals surface area contributed by atoms with Crippen LogP contribution in [0, 0.1) is 0 Å². The van der Waals surface area contributed by atoms with Gasteiger partial charge in [0.25, 0.3) is 0 Å². The lowest BCUT2D eigenvalue weighted by Gasteiger charge is -2.17. The molecule has 0 heterocycles. The molecule has 0 N–H and O–H groups in total. The van der Waals surface area contributed by atoms with Crippen molar-refractivity contribution in [1.82, 2.24) is 4.90 Å². The molecule has 0 aliphatic heterocycles. The molecule has 54 valence electrons. The molecular weight excluding hydrogens is 110 g/mol. The summed E-state index contributed by atoms with van der Waals surface area (Å²) in [5, 5.41) is 0. The van der Waals surface area contributed by atoms with E-state index in [0.717, 1.165) is 13.1 Å². The van der Waals surface area contributed by atoms with Gasteiger partial charge in [-0.1, -0.05) is 20.4 Å². The van der Waals surface area contributed by atoms with Crippen LogP contribution in [0.2, 0.25) is 0 Å². The molecule has 0 aromatic carbocycles. The van der Waals surface area contributed by atoms with Gasteiger partial charge >= 0.3 is 0 Å². The minimum absolute atomic E-state index is 1.15. The van der Waals surface area contributed by atoms with Crippen molar-refractivity contribution in [1.29, 1.82) is 0 Å². The lowest BCUT2D eigenvalue weighted by molar-refractivity contribution is 0.377. The Morgan fingerprint density at radius 3 is 1.89 bits per heavy atom. The average molecular weight is 127 g/mol. The van der Waals surface area contributed by atoms with Crippen LogP contribution in [-0.4, -0.2) is 18.0 Å². The maximum Gasteiger partial charge on any atom is 0.0169 e. The first-order chi connectivity index (χ1) is 4.35. The van der Waals surface area contributed by atoms with E-state index in [1.165, 1.54) is 12.8 Å². The highest BCUT2D eigenvalue weighted by Crippen LogP contribution is 1.92. The van der Waals surface area contributed by atoms with Gasteiger partial charge in [-0.3, -0.25) is 0 Å². The van der Waals surface area contributed by atoms with Crippen molar-refractivity contribution in [3.63, 3.8) is 0 Å². The van der Waals surface area contributed by atoms with Crippen molar-refractivity contribution in [2.24, 2.45) is 0 Å². The minimum Gasteiger partial charge on any atom is -0.378 e. The second-order valence-electron chi connectivity index (χ2n) is 2.22. The Morgan fingerprint density at radius 2 is 1.67 bits per heavy atom. The highest BCUT2D eigenvalue weighted by molar-refractivity contribution is 4.68. The predicted molar refractivity (Wildman–Crippen MR) is 42.4 cm³/mol. The summed E-state index contributed by atoms with van der Waals surface area (Å²) in [5.41, 5.74) is 0. The third kappa shape index (κ3) is 4.07. The summed E-state index contributed by atoms with van der Waals surface area (Å²) in [5.74, 6) is 0. The topological polar surface area (TPSA) is 3.24 Å². The molecule has 0 spiro atoms. The smallest absolute Gasteiger partial charge is 0.0169 e. The Morgan fingerprint density at radius 1 is 1.22 bits per heavy atom. The van der Waals surface area contributed by atoms with Crippen LogP contribution in [0.3, 0.4) is 0 Å². The van der Waals surface area contributed by atoms with Crippen LogP contribution in [0.4, 0.5) is 0 Å². The van der Waals surface area contributed by atoms with Gasteiger partial charge in [-0.05, 0) is 19.0 Å².